The highest BCUT2D eigenvalue weighted by molar-refractivity contribution is 7.12. The summed E-state index contributed by atoms with van der Waals surface area (Å²) < 4.78 is 0. The van der Waals surface area contributed by atoms with E-state index in [1.165, 1.54) is 16.2 Å². The molecular formula is C18H21N3O3S. The van der Waals surface area contributed by atoms with Gasteiger partial charge in [0.25, 0.3) is 11.8 Å². The number of amides is 3. The van der Waals surface area contributed by atoms with Crippen LogP contribution >= 0.6 is 11.3 Å². The van der Waals surface area contributed by atoms with E-state index in [1.54, 1.807) is 44.4 Å². The molecule has 0 unspecified atom stereocenters. The molecule has 25 heavy (non-hydrogen) atoms. The lowest BCUT2D eigenvalue weighted by molar-refractivity contribution is -0.128. The van der Waals surface area contributed by atoms with Crippen LogP contribution < -0.4 is 10.6 Å². The third-order valence-corrected chi connectivity index (χ3v) is 4.41. The standard InChI is InChI=1S/C18H21N3O3S/c1-21(2)16(22)9-10-19-17(23)14-7-5-13(6-8-14)12-20-18(24)15-4-3-11-25-15/h3-8,11H,9-10,12H2,1-2H3,(H,19,23)(H,20,24). The van der Waals surface area contributed by atoms with Crippen molar-refractivity contribution in [2.24, 2.45) is 0 Å². The second-order valence-electron chi connectivity index (χ2n) is 5.65. The number of nitrogens with one attached hydrogen (secondary N) is 2. The van der Waals surface area contributed by atoms with E-state index < -0.39 is 0 Å². The van der Waals surface area contributed by atoms with Gasteiger partial charge in [-0.15, -0.1) is 11.3 Å². The Morgan fingerprint density at radius 2 is 1.72 bits per heavy atom. The molecular weight excluding hydrogens is 338 g/mol. The maximum Gasteiger partial charge on any atom is 0.261 e. The number of hydrogen-bond acceptors (Lipinski definition) is 4. The molecule has 0 saturated carbocycles. The molecule has 0 atom stereocenters. The van der Waals surface area contributed by atoms with Crippen molar-refractivity contribution in [3.05, 3.63) is 57.8 Å². The molecule has 0 fully saturated rings. The average Bonchev–Trinajstić information content (AvgIpc) is 3.14. The number of carbonyl (C=O) groups is 3. The second-order valence-corrected chi connectivity index (χ2v) is 6.60. The van der Waals surface area contributed by atoms with Crippen molar-refractivity contribution in [3.63, 3.8) is 0 Å². The van der Waals surface area contributed by atoms with E-state index in [9.17, 15) is 14.4 Å². The minimum Gasteiger partial charge on any atom is -0.352 e. The van der Waals surface area contributed by atoms with Crippen LogP contribution in [0.3, 0.4) is 0 Å². The molecule has 0 spiro atoms. The third kappa shape index (κ3) is 5.72. The fraction of sp³-hybridized carbons (Fsp3) is 0.278. The molecule has 1 aromatic heterocycles. The number of rotatable bonds is 7. The molecule has 2 rings (SSSR count). The SMILES string of the molecule is CN(C)C(=O)CCNC(=O)c1ccc(CNC(=O)c2cccs2)cc1. The average molecular weight is 359 g/mol. The minimum atomic E-state index is -0.222. The van der Waals surface area contributed by atoms with E-state index in [4.69, 9.17) is 0 Å². The monoisotopic (exact) mass is 359 g/mol. The normalized spacial score (nSPS) is 10.2. The smallest absolute Gasteiger partial charge is 0.261 e. The largest absolute Gasteiger partial charge is 0.352 e. The highest BCUT2D eigenvalue weighted by Gasteiger charge is 2.09. The quantitative estimate of drug-likeness (QED) is 0.792. The highest BCUT2D eigenvalue weighted by Crippen LogP contribution is 2.09. The summed E-state index contributed by atoms with van der Waals surface area (Å²) in [6.45, 7) is 0.699. The molecule has 2 N–H and O–H groups in total. The fourth-order valence-corrected chi connectivity index (χ4v) is 2.70. The summed E-state index contributed by atoms with van der Waals surface area (Å²) in [6.07, 6.45) is 0.269. The molecule has 0 aliphatic carbocycles. The zero-order chi connectivity index (χ0) is 18.2. The summed E-state index contributed by atoms with van der Waals surface area (Å²) in [5.41, 5.74) is 1.43. The van der Waals surface area contributed by atoms with Gasteiger partial charge < -0.3 is 15.5 Å². The van der Waals surface area contributed by atoms with Gasteiger partial charge in [-0.2, -0.15) is 0 Å². The molecule has 0 bridgehead atoms. The van der Waals surface area contributed by atoms with Crippen LogP contribution in [0.4, 0.5) is 0 Å². The molecule has 0 aliphatic rings. The molecule has 3 amide bonds. The summed E-state index contributed by atoms with van der Waals surface area (Å²) in [6, 6.07) is 10.6. The Morgan fingerprint density at radius 3 is 2.32 bits per heavy atom. The fourth-order valence-electron chi connectivity index (χ4n) is 2.06. The number of nitrogens with zero attached hydrogens (tertiary/aromatic N) is 1. The van der Waals surface area contributed by atoms with E-state index in [1.807, 2.05) is 11.4 Å². The van der Waals surface area contributed by atoms with Gasteiger partial charge in [-0.3, -0.25) is 14.4 Å². The number of benzene rings is 1. The maximum atomic E-state index is 12.0. The Hall–Kier alpha value is -2.67. The van der Waals surface area contributed by atoms with Crippen LogP contribution in [0.2, 0.25) is 0 Å². The summed E-state index contributed by atoms with van der Waals surface area (Å²) in [4.78, 5) is 37.5. The second kappa shape index (κ2) is 8.98. The summed E-state index contributed by atoms with van der Waals surface area (Å²) >= 11 is 1.39. The van der Waals surface area contributed by atoms with Gasteiger partial charge >= 0.3 is 0 Å². The minimum absolute atomic E-state index is 0.0304. The highest BCUT2D eigenvalue weighted by atomic mass is 32.1. The molecule has 1 heterocycles. The van der Waals surface area contributed by atoms with E-state index in [-0.39, 0.29) is 24.1 Å². The molecule has 7 heteroatoms. The Kier molecular flexibility index (Phi) is 6.71. The van der Waals surface area contributed by atoms with E-state index in [0.29, 0.717) is 23.5 Å². The third-order valence-electron chi connectivity index (χ3n) is 3.54. The molecule has 2 aromatic rings. The van der Waals surface area contributed by atoms with Crippen LogP contribution in [0.1, 0.15) is 32.0 Å². The first-order valence-electron chi connectivity index (χ1n) is 7.86. The number of hydrogen-bond donors (Lipinski definition) is 2. The molecule has 132 valence electrons. The van der Waals surface area contributed by atoms with Crippen molar-refractivity contribution in [1.82, 2.24) is 15.5 Å². The molecule has 0 aliphatic heterocycles. The van der Waals surface area contributed by atoms with E-state index in [2.05, 4.69) is 10.6 Å². The van der Waals surface area contributed by atoms with Gasteiger partial charge in [-0.05, 0) is 29.1 Å². The Balaban J connectivity index is 1.79. The van der Waals surface area contributed by atoms with E-state index in [0.717, 1.165) is 5.56 Å². The van der Waals surface area contributed by atoms with Gasteiger partial charge in [0, 0.05) is 39.2 Å². The van der Waals surface area contributed by atoms with Crippen molar-refractivity contribution in [2.75, 3.05) is 20.6 Å². The Morgan fingerprint density at radius 1 is 1.00 bits per heavy atom. The van der Waals surface area contributed by atoms with Gasteiger partial charge in [-0.25, -0.2) is 0 Å². The number of thiophene rings is 1. The first-order valence-corrected chi connectivity index (χ1v) is 8.74. The lowest BCUT2D eigenvalue weighted by Crippen LogP contribution is -2.30. The van der Waals surface area contributed by atoms with Crippen LogP contribution in [-0.4, -0.2) is 43.3 Å². The molecule has 0 radical (unpaired) electrons. The summed E-state index contributed by atoms with van der Waals surface area (Å²) in [5.74, 6) is -0.361. The molecule has 1 aromatic carbocycles. The zero-order valence-corrected chi connectivity index (χ0v) is 15.1. The van der Waals surface area contributed by atoms with Gasteiger partial charge in [0.1, 0.15) is 0 Å². The Labute approximate surface area is 150 Å². The number of carbonyl (C=O) groups excluding carboxylic acids is 3. The maximum absolute atomic E-state index is 12.0. The summed E-state index contributed by atoms with van der Waals surface area (Å²) in [5, 5.41) is 7.41. The van der Waals surface area contributed by atoms with Gasteiger partial charge in [0.05, 0.1) is 4.88 Å². The lowest BCUT2D eigenvalue weighted by atomic mass is 10.1. The van der Waals surface area contributed by atoms with Crippen LogP contribution in [0.15, 0.2) is 41.8 Å². The topological polar surface area (TPSA) is 78.5 Å². The van der Waals surface area contributed by atoms with E-state index >= 15 is 0 Å². The van der Waals surface area contributed by atoms with Crippen molar-refractivity contribution in [3.8, 4) is 0 Å². The molecule has 0 saturated heterocycles. The van der Waals surface area contributed by atoms with Crippen molar-refractivity contribution >= 4 is 29.1 Å². The van der Waals surface area contributed by atoms with Crippen LogP contribution in [-0.2, 0) is 11.3 Å². The van der Waals surface area contributed by atoms with Crippen molar-refractivity contribution < 1.29 is 14.4 Å². The Bertz CT molecular complexity index is 725. The van der Waals surface area contributed by atoms with Crippen LogP contribution in [0.25, 0.3) is 0 Å². The lowest BCUT2D eigenvalue weighted by Gasteiger charge is -2.10. The first kappa shape index (κ1) is 18.7. The molecule has 6 nitrogen and oxygen atoms in total. The van der Waals surface area contributed by atoms with Gasteiger partial charge in [-0.1, -0.05) is 18.2 Å². The van der Waals surface area contributed by atoms with Crippen LogP contribution in [0.5, 0.6) is 0 Å². The van der Waals surface area contributed by atoms with Gasteiger partial charge in [0.2, 0.25) is 5.91 Å². The predicted octanol–water partition coefficient (Wildman–Crippen LogP) is 1.89. The first-order chi connectivity index (χ1) is 12.0. The van der Waals surface area contributed by atoms with Crippen LogP contribution in [0, 0.1) is 0 Å². The zero-order valence-electron chi connectivity index (χ0n) is 14.2. The van der Waals surface area contributed by atoms with Crippen molar-refractivity contribution in [1.29, 1.82) is 0 Å². The predicted molar refractivity (Wildman–Crippen MR) is 97.6 cm³/mol. The summed E-state index contributed by atoms with van der Waals surface area (Å²) in [7, 11) is 3.36. The van der Waals surface area contributed by atoms with Gasteiger partial charge in [0.15, 0.2) is 0 Å². The van der Waals surface area contributed by atoms with Crippen molar-refractivity contribution in [2.45, 2.75) is 13.0 Å².